The summed E-state index contributed by atoms with van der Waals surface area (Å²) in [5.74, 6) is 0. The minimum Gasteiger partial charge on any atom is -0.378 e. The van der Waals surface area contributed by atoms with Crippen LogP contribution in [0.3, 0.4) is 0 Å². The van der Waals surface area contributed by atoms with Crippen molar-refractivity contribution in [3.8, 4) is 0 Å². The summed E-state index contributed by atoms with van der Waals surface area (Å²) in [6, 6.07) is 0. The Morgan fingerprint density at radius 1 is 1.12 bits per heavy atom. The van der Waals surface area contributed by atoms with Gasteiger partial charge in [-0.15, -0.1) is 0 Å². The van der Waals surface area contributed by atoms with Gasteiger partial charge in [-0.2, -0.15) is 0 Å². The van der Waals surface area contributed by atoms with Crippen LogP contribution in [0.1, 0.15) is 0 Å². The van der Waals surface area contributed by atoms with Gasteiger partial charge in [-0.3, -0.25) is 0 Å². The molecule has 0 aliphatic heterocycles. The standard InChI is InChI=1S/C6H6NO/c7-5-1-3-6(8)4-2-5/h1-4,7-8H. The topological polar surface area (TPSA) is 44.1 Å². The number of allylic oxidation sites excluding steroid dienone is 2. The molecule has 2 heteroatoms. The number of hydrogen-bond donors (Lipinski definition) is 2. The Morgan fingerprint density at radius 2 is 1.62 bits per heavy atom. The summed E-state index contributed by atoms with van der Waals surface area (Å²) < 4.78 is 0. The lowest BCUT2D eigenvalue weighted by Gasteiger charge is -1.99. The van der Waals surface area contributed by atoms with E-state index in [1.165, 1.54) is 24.3 Å². The number of nitrogens with one attached hydrogen (secondary N) is 1. The fraction of sp³-hybridized carbons (Fsp3) is 0. The van der Waals surface area contributed by atoms with Crippen molar-refractivity contribution in [2.75, 3.05) is 0 Å². The highest BCUT2D eigenvalue weighted by molar-refractivity contribution is 6.03. The van der Waals surface area contributed by atoms with Crippen LogP contribution in [0.5, 0.6) is 0 Å². The van der Waals surface area contributed by atoms with Gasteiger partial charge in [0.15, 0.2) is 0 Å². The van der Waals surface area contributed by atoms with Gasteiger partial charge >= 0.3 is 0 Å². The first-order valence-electron chi connectivity index (χ1n) is 2.29. The van der Waals surface area contributed by atoms with Crippen molar-refractivity contribution in [2.24, 2.45) is 0 Å². The summed E-state index contributed by atoms with van der Waals surface area (Å²) in [4.78, 5) is 0. The zero-order valence-corrected chi connectivity index (χ0v) is 4.26. The fourth-order valence-corrected chi connectivity index (χ4v) is 0.461. The first kappa shape index (κ1) is 5.25. The van der Waals surface area contributed by atoms with Crippen molar-refractivity contribution >= 4 is 5.71 Å². The van der Waals surface area contributed by atoms with Crippen LogP contribution in [0, 0.1) is 11.5 Å². The van der Waals surface area contributed by atoms with Gasteiger partial charge in [0.2, 0.25) is 0 Å². The third-order valence-electron chi connectivity index (χ3n) is 0.867. The van der Waals surface area contributed by atoms with Gasteiger partial charge < -0.3 is 10.5 Å². The second kappa shape index (κ2) is 1.92. The third kappa shape index (κ3) is 1.04. The van der Waals surface area contributed by atoms with Gasteiger partial charge in [0.25, 0.3) is 0 Å². The molecule has 0 fully saturated rings. The van der Waals surface area contributed by atoms with E-state index >= 15 is 0 Å². The van der Waals surface area contributed by atoms with Crippen molar-refractivity contribution in [3.05, 3.63) is 30.4 Å². The zero-order chi connectivity index (χ0) is 5.98. The molecular weight excluding hydrogens is 102 g/mol. The molecule has 0 saturated carbocycles. The molecule has 1 radical (unpaired) electrons. The molecule has 0 bridgehead atoms. The number of hydrogen-bond acceptors (Lipinski definition) is 2. The van der Waals surface area contributed by atoms with E-state index in [1.807, 2.05) is 0 Å². The van der Waals surface area contributed by atoms with E-state index in [0.29, 0.717) is 5.71 Å². The molecule has 8 heavy (non-hydrogen) atoms. The number of rotatable bonds is 0. The highest BCUT2D eigenvalue weighted by atomic mass is 16.3. The lowest BCUT2D eigenvalue weighted by molar-refractivity contribution is 0.369. The number of aliphatic hydroxyl groups excluding tert-OH is 1. The molecule has 2 N–H and O–H groups in total. The Hall–Kier alpha value is -0.890. The van der Waals surface area contributed by atoms with E-state index in [9.17, 15) is 0 Å². The minimum atomic E-state index is 0.209. The predicted octanol–water partition coefficient (Wildman–Crippen LogP) is 1.04. The molecule has 2 nitrogen and oxygen atoms in total. The summed E-state index contributed by atoms with van der Waals surface area (Å²) in [6.45, 7) is 0. The van der Waals surface area contributed by atoms with Gasteiger partial charge in [-0.05, 0) is 24.3 Å². The first-order valence-corrected chi connectivity index (χ1v) is 2.29. The average molecular weight is 108 g/mol. The highest BCUT2D eigenvalue weighted by Crippen LogP contribution is 2.03. The second-order valence-electron chi connectivity index (χ2n) is 1.55. The van der Waals surface area contributed by atoms with Crippen molar-refractivity contribution in [1.82, 2.24) is 0 Å². The molecule has 0 heterocycles. The van der Waals surface area contributed by atoms with Crippen LogP contribution >= 0.6 is 0 Å². The molecule has 0 aromatic carbocycles. The van der Waals surface area contributed by atoms with Crippen LogP contribution in [0.25, 0.3) is 0 Å². The summed E-state index contributed by atoms with van der Waals surface area (Å²) in [7, 11) is 0. The molecule has 1 aliphatic rings. The zero-order valence-electron chi connectivity index (χ0n) is 4.26. The van der Waals surface area contributed by atoms with Crippen molar-refractivity contribution in [2.45, 2.75) is 0 Å². The van der Waals surface area contributed by atoms with E-state index in [4.69, 9.17) is 10.5 Å². The Kier molecular flexibility index (Phi) is 1.26. The van der Waals surface area contributed by atoms with Crippen LogP contribution < -0.4 is 0 Å². The Bertz CT molecular complexity index is 142. The molecular formula is C6H6NO. The van der Waals surface area contributed by atoms with Crippen LogP contribution in [0.15, 0.2) is 24.3 Å². The largest absolute Gasteiger partial charge is 0.378 e. The van der Waals surface area contributed by atoms with Gasteiger partial charge in [0.1, 0.15) is 6.10 Å². The maximum absolute atomic E-state index is 8.67. The Morgan fingerprint density at radius 3 is 2.00 bits per heavy atom. The average Bonchev–Trinajstić information content (AvgIpc) is 1.77. The van der Waals surface area contributed by atoms with E-state index < -0.39 is 0 Å². The van der Waals surface area contributed by atoms with Crippen molar-refractivity contribution in [3.63, 3.8) is 0 Å². The van der Waals surface area contributed by atoms with E-state index in [1.54, 1.807) is 0 Å². The molecule has 1 aliphatic carbocycles. The van der Waals surface area contributed by atoms with E-state index in [2.05, 4.69) is 0 Å². The molecule has 41 valence electrons. The predicted molar refractivity (Wildman–Crippen MR) is 31.2 cm³/mol. The van der Waals surface area contributed by atoms with Crippen LogP contribution in [-0.2, 0) is 0 Å². The summed E-state index contributed by atoms with van der Waals surface area (Å²) in [5.41, 5.74) is 0.419. The highest BCUT2D eigenvalue weighted by Gasteiger charge is 1.98. The first-order chi connectivity index (χ1) is 3.79. The molecule has 1 rings (SSSR count). The molecule has 0 unspecified atom stereocenters. The van der Waals surface area contributed by atoms with Crippen molar-refractivity contribution < 1.29 is 5.11 Å². The summed E-state index contributed by atoms with van der Waals surface area (Å²) in [5, 5.41) is 15.7. The SMILES string of the molecule is N=C1C=C[C](O)C=C1. The maximum Gasteiger partial charge on any atom is 0.137 e. The fourth-order valence-electron chi connectivity index (χ4n) is 0.461. The minimum absolute atomic E-state index is 0.209. The monoisotopic (exact) mass is 108 g/mol. The summed E-state index contributed by atoms with van der Waals surface area (Å²) >= 11 is 0. The molecule has 0 amide bonds. The van der Waals surface area contributed by atoms with Gasteiger partial charge in [-0.25, -0.2) is 0 Å². The van der Waals surface area contributed by atoms with Gasteiger partial charge in [-0.1, -0.05) is 0 Å². The Labute approximate surface area is 47.7 Å². The molecule has 0 aromatic rings. The van der Waals surface area contributed by atoms with Crippen LogP contribution in [-0.4, -0.2) is 10.8 Å². The normalized spacial score (nSPS) is 19.9. The smallest absolute Gasteiger partial charge is 0.137 e. The van der Waals surface area contributed by atoms with E-state index in [-0.39, 0.29) is 6.10 Å². The maximum atomic E-state index is 8.67. The molecule has 0 atom stereocenters. The van der Waals surface area contributed by atoms with Crippen molar-refractivity contribution in [1.29, 1.82) is 5.41 Å². The second-order valence-corrected chi connectivity index (χ2v) is 1.55. The lowest BCUT2D eigenvalue weighted by Crippen LogP contribution is -1.95. The quantitative estimate of drug-likeness (QED) is 0.478. The molecule has 0 saturated heterocycles. The molecule has 0 aromatic heterocycles. The van der Waals surface area contributed by atoms with Crippen LogP contribution in [0.4, 0.5) is 0 Å². The van der Waals surface area contributed by atoms with Gasteiger partial charge in [0, 0.05) is 0 Å². The van der Waals surface area contributed by atoms with Gasteiger partial charge in [0.05, 0.1) is 5.71 Å². The lowest BCUT2D eigenvalue weighted by atomic mass is 10.1. The van der Waals surface area contributed by atoms with E-state index in [0.717, 1.165) is 0 Å². The van der Waals surface area contributed by atoms with Crippen LogP contribution in [0.2, 0.25) is 0 Å². The number of aliphatic hydroxyl groups is 1. The summed E-state index contributed by atoms with van der Waals surface area (Å²) in [6.07, 6.45) is 6.26. The third-order valence-corrected chi connectivity index (χ3v) is 0.867. The molecule has 0 spiro atoms. The Balaban J connectivity index is 2.68.